The number of hydroxylamine groups is 2. The summed E-state index contributed by atoms with van der Waals surface area (Å²) in [5.74, 6) is 0. The number of rotatable bonds is 5. The molecule has 8 heteroatoms. The van der Waals surface area contributed by atoms with Gasteiger partial charge in [0.2, 0.25) is 0 Å². The van der Waals surface area contributed by atoms with Crippen molar-refractivity contribution in [3.63, 3.8) is 0 Å². The highest BCUT2D eigenvalue weighted by Crippen LogP contribution is 1.97. The molecule has 1 rings (SSSR count). The second-order valence-corrected chi connectivity index (χ2v) is 3.77. The van der Waals surface area contributed by atoms with Crippen LogP contribution in [0.2, 0.25) is 0 Å². The molecule has 1 heterocycles. The highest BCUT2D eigenvalue weighted by molar-refractivity contribution is 7.79. The fourth-order valence-electron chi connectivity index (χ4n) is 0.870. The molecule has 94 valence electrons. The van der Waals surface area contributed by atoms with E-state index in [1.54, 1.807) is 11.4 Å². The zero-order chi connectivity index (χ0) is 12.4. The third-order valence-electron chi connectivity index (χ3n) is 1.47. The largest absolute Gasteiger partial charge is 0.394 e. The van der Waals surface area contributed by atoms with Crippen LogP contribution in [-0.4, -0.2) is 48.6 Å². The first-order valence-corrected chi connectivity index (χ1v) is 6.03. The smallest absolute Gasteiger partial charge is 0.273 e. The molecule has 0 fully saturated rings. The number of nitrogens with zero attached hydrogens (tertiary/aromatic N) is 2. The van der Waals surface area contributed by atoms with E-state index in [2.05, 4.69) is 11.6 Å². The molecule has 0 aromatic carbocycles. The van der Waals surface area contributed by atoms with Crippen LogP contribution in [0.25, 0.3) is 0 Å². The lowest BCUT2D eigenvalue weighted by molar-refractivity contribution is -0.0873. The van der Waals surface area contributed by atoms with E-state index in [0.29, 0.717) is 0 Å². The minimum absolute atomic E-state index is 0.762. The van der Waals surface area contributed by atoms with Crippen LogP contribution in [-0.2, 0) is 15.2 Å². The lowest BCUT2D eigenvalue weighted by Crippen LogP contribution is -2.20. The van der Waals surface area contributed by atoms with Crippen molar-refractivity contribution in [3.05, 3.63) is 12.7 Å². The first-order valence-electron chi connectivity index (χ1n) is 4.64. The Hall–Kier alpha value is -0.960. The van der Waals surface area contributed by atoms with E-state index >= 15 is 0 Å². The number of hydrogen-bond acceptors (Lipinski definition) is 5. The van der Waals surface area contributed by atoms with Crippen molar-refractivity contribution in [2.45, 2.75) is 12.8 Å². The Morgan fingerprint density at radius 3 is 2.62 bits per heavy atom. The van der Waals surface area contributed by atoms with Crippen LogP contribution in [0.3, 0.4) is 0 Å². The van der Waals surface area contributed by atoms with Crippen molar-refractivity contribution in [3.8, 4) is 0 Å². The second kappa shape index (κ2) is 8.22. The standard InChI is InChI=1S/C8H14N2O.H2O4S/c1-2-3-4-7-11-10-6-5-9-8-10;1-5(2,3)4/h2,8H,1,3-7H2;(H2,1,2,3,4). The molecule has 0 atom stereocenters. The fourth-order valence-corrected chi connectivity index (χ4v) is 0.870. The topological polar surface area (TPSA) is 99.4 Å². The zero-order valence-electron chi connectivity index (χ0n) is 8.82. The molecule has 1 aliphatic rings. The zero-order valence-corrected chi connectivity index (χ0v) is 9.64. The third kappa shape index (κ3) is 13.0. The van der Waals surface area contributed by atoms with Gasteiger partial charge in [0, 0.05) is 0 Å². The number of aliphatic imine (C=N–C) groups is 1. The van der Waals surface area contributed by atoms with Crippen LogP contribution < -0.4 is 0 Å². The summed E-state index contributed by atoms with van der Waals surface area (Å²) < 4.78 is 31.6. The highest BCUT2D eigenvalue weighted by atomic mass is 32.3. The van der Waals surface area contributed by atoms with Crippen molar-refractivity contribution in [1.82, 2.24) is 5.06 Å². The molecule has 7 nitrogen and oxygen atoms in total. The number of hydrogen-bond donors (Lipinski definition) is 2. The Balaban J connectivity index is 0.000000385. The summed E-state index contributed by atoms with van der Waals surface area (Å²) in [6.45, 7) is 6.16. The molecule has 0 amide bonds. The molecule has 0 aromatic rings. The van der Waals surface area contributed by atoms with Crippen molar-refractivity contribution >= 4 is 16.7 Å². The van der Waals surface area contributed by atoms with Gasteiger partial charge in [-0.2, -0.15) is 8.42 Å². The molecule has 16 heavy (non-hydrogen) atoms. The first kappa shape index (κ1) is 15.0. The summed E-state index contributed by atoms with van der Waals surface area (Å²) in [4.78, 5) is 9.36. The molecule has 0 aromatic heterocycles. The van der Waals surface area contributed by atoms with E-state index in [9.17, 15) is 0 Å². The fraction of sp³-hybridized carbons (Fsp3) is 0.625. The maximum Gasteiger partial charge on any atom is 0.394 e. The van der Waals surface area contributed by atoms with Gasteiger partial charge in [0.1, 0.15) is 6.34 Å². The number of allylic oxidation sites excluding steroid dienone is 1. The van der Waals surface area contributed by atoms with Crippen molar-refractivity contribution in [2.24, 2.45) is 4.99 Å². The first-order chi connectivity index (χ1) is 7.43. The molecule has 0 bridgehead atoms. The van der Waals surface area contributed by atoms with Crippen LogP contribution >= 0.6 is 0 Å². The summed E-state index contributed by atoms with van der Waals surface area (Å²) >= 11 is 0. The Labute approximate surface area is 95.0 Å². The SMILES string of the molecule is C=CCCCON1C=NCC1.O=S(=O)(O)O. The van der Waals surface area contributed by atoms with E-state index in [4.69, 9.17) is 22.4 Å². The summed E-state index contributed by atoms with van der Waals surface area (Å²) in [6.07, 6.45) is 5.70. The minimum atomic E-state index is -4.67. The maximum atomic E-state index is 8.74. The highest BCUT2D eigenvalue weighted by Gasteiger charge is 2.03. The van der Waals surface area contributed by atoms with Crippen LogP contribution in [0.5, 0.6) is 0 Å². The quantitative estimate of drug-likeness (QED) is 0.421. The Kier molecular flexibility index (Phi) is 7.73. The lowest BCUT2D eigenvalue weighted by Gasteiger charge is -2.12. The predicted molar refractivity (Wildman–Crippen MR) is 59.6 cm³/mol. The third-order valence-corrected chi connectivity index (χ3v) is 1.47. The van der Waals surface area contributed by atoms with E-state index in [1.807, 2.05) is 6.08 Å². The van der Waals surface area contributed by atoms with Gasteiger partial charge in [-0.05, 0) is 12.8 Å². The average Bonchev–Trinajstić information content (AvgIpc) is 2.62. The second-order valence-electron chi connectivity index (χ2n) is 2.87. The Morgan fingerprint density at radius 1 is 1.56 bits per heavy atom. The molecule has 0 unspecified atom stereocenters. The van der Waals surface area contributed by atoms with Crippen LogP contribution in [0.15, 0.2) is 17.6 Å². The van der Waals surface area contributed by atoms with Gasteiger partial charge in [-0.25, -0.2) is 5.06 Å². The van der Waals surface area contributed by atoms with Gasteiger partial charge in [0.25, 0.3) is 0 Å². The van der Waals surface area contributed by atoms with Crippen molar-refractivity contribution < 1.29 is 22.4 Å². The summed E-state index contributed by atoms with van der Waals surface area (Å²) in [5, 5.41) is 1.78. The maximum absolute atomic E-state index is 8.74. The molecule has 0 aliphatic carbocycles. The minimum Gasteiger partial charge on any atom is -0.273 e. The van der Waals surface area contributed by atoms with Gasteiger partial charge < -0.3 is 0 Å². The van der Waals surface area contributed by atoms with Crippen LogP contribution in [0.4, 0.5) is 0 Å². The van der Waals surface area contributed by atoms with E-state index < -0.39 is 10.4 Å². The molecule has 0 saturated heterocycles. The van der Waals surface area contributed by atoms with Gasteiger partial charge in [0.05, 0.1) is 19.7 Å². The Bertz CT molecular complexity index is 306. The molecule has 1 aliphatic heterocycles. The van der Waals surface area contributed by atoms with Gasteiger partial charge in [0.15, 0.2) is 0 Å². The molecule has 0 spiro atoms. The van der Waals surface area contributed by atoms with Crippen molar-refractivity contribution in [1.29, 1.82) is 0 Å². The normalized spacial score (nSPS) is 14.5. The lowest BCUT2D eigenvalue weighted by atomic mass is 10.3. The molecule has 0 radical (unpaired) electrons. The summed E-state index contributed by atoms with van der Waals surface area (Å²) in [6, 6.07) is 0. The monoisotopic (exact) mass is 252 g/mol. The van der Waals surface area contributed by atoms with Gasteiger partial charge in [-0.1, -0.05) is 6.08 Å². The summed E-state index contributed by atoms with van der Waals surface area (Å²) in [5.41, 5.74) is 0. The molecular weight excluding hydrogens is 236 g/mol. The van der Waals surface area contributed by atoms with Gasteiger partial charge in [-0.3, -0.25) is 18.9 Å². The van der Waals surface area contributed by atoms with Crippen LogP contribution in [0, 0.1) is 0 Å². The molecule has 2 N–H and O–H groups in total. The molecular formula is C8H16N2O5S. The van der Waals surface area contributed by atoms with Crippen molar-refractivity contribution in [2.75, 3.05) is 19.7 Å². The molecule has 0 saturated carbocycles. The van der Waals surface area contributed by atoms with E-state index in [0.717, 1.165) is 32.5 Å². The average molecular weight is 252 g/mol. The van der Waals surface area contributed by atoms with Crippen LogP contribution in [0.1, 0.15) is 12.8 Å². The Morgan fingerprint density at radius 2 is 2.19 bits per heavy atom. The van der Waals surface area contributed by atoms with Gasteiger partial charge >= 0.3 is 10.4 Å². The predicted octanol–water partition coefficient (Wildman–Crippen LogP) is 0.575. The van der Waals surface area contributed by atoms with Gasteiger partial charge in [-0.15, -0.1) is 6.58 Å². The number of unbranched alkanes of at least 4 members (excludes halogenated alkanes) is 1. The summed E-state index contributed by atoms with van der Waals surface area (Å²) in [7, 11) is -4.67. The van der Waals surface area contributed by atoms with E-state index in [-0.39, 0.29) is 0 Å². The van der Waals surface area contributed by atoms with E-state index in [1.165, 1.54) is 0 Å².